The van der Waals surface area contributed by atoms with E-state index in [9.17, 15) is 0 Å². The number of nitrogens with one attached hydrogen (secondary N) is 1. The second-order valence-electron chi connectivity index (χ2n) is 6.45. The van der Waals surface area contributed by atoms with Crippen molar-refractivity contribution >= 4 is 0 Å². The normalized spacial score (nSPS) is 43.6. The molecule has 0 spiro atoms. The fraction of sp³-hybridized carbons (Fsp3) is 1.00. The van der Waals surface area contributed by atoms with Crippen LogP contribution in [0.5, 0.6) is 0 Å². The molecule has 0 amide bonds. The van der Waals surface area contributed by atoms with Crippen molar-refractivity contribution in [2.45, 2.75) is 64.0 Å². The SMILES string of the molecule is CCC1CCC(N2CCCC3CNCC32)CC1. The molecule has 2 aliphatic heterocycles. The lowest BCUT2D eigenvalue weighted by Crippen LogP contribution is -2.51. The monoisotopic (exact) mass is 236 g/mol. The Morgan fingerprint density at radius 1 is 1.06 bits per heavy atom. The number of nitrogens with zero attached hydrogens (tertiary/aromatic N) is 1. The van der Waals surface area contributed by atoms with Crippen LogP contribution in [0, 0.1) is 11.8 Å². The van der Waals surface area contributed by atoms with Gasteiger partial charge in [0.1, 0.15) is 0 Å². The molecule has 2 heterocycles. The fourth-order valence-corrected chi connectivity index (χ4v) is 4.44. The maximum absolute atomic E-state index is 3.61. The molecule has 2 atom stereocenters. The van der Waals surface area contributed by atoms with Gasteiger partial charge in [0.2, 0.25) is 0 Å². The Hall–Kier alpha value is -0.0800. The number of fused-ring (bicyclic) bond motifs is 1. The molecule has 3 rings (SSSR count). The van der Waals surface area contributed by atoms with E-state index in [2.05, 4.69) is 17.1 Å². The Morgan fingerprint density at radius 2 is 1.88 bits per heavy atom. The van der Waals surface area contributed by atoms with Crippen LogP contribution >= 0.6 is 0 Å². The van der Waals surface area contributed by atoms with Crippen molar-refractivity contribution in [3.05, 3.63) is 0 Å². The van der Waals surface area contributed by atoms with Gasteiger partial charge in [-0.05, 0) is 63.5 Å². The molecule has 3 aliphatic rings. The van der Waals surface area contributed by atoms with Gasteiger partial charge in [0.05, 0.1) is 0 Å². The lowest BCUT2D eigenvalue weighted by molar-refractivity contribution is 0.0494. The van der Waals surface area contributed by atoms with Crippen LogP contribution in [0.1, 0.15) is 51.9 Å². The molecule has 1 aliphatic carbocycles. The van der Waals surface area contributed by atoms with Crippen molar-refractivity contribution in [2.75, 3.05) is 19.6 Å². The molecule has 0 aromatic heterocycles. The van der Waals surface area contributed by atoms with Crippen molar-refractivity contribution in [2.24, 2.45) is 11.8 Å². The Labute approximate surface area is 106 Å². The minimum atomic E-state index is 0.881. The number of rotatable bonds is 2. The largest absolute Gasteiger partial charge is 0.315 e. The molecule has 98 valence electrons. The quantitative estimate of drug-likeness (QED) is 0.793. The highest BCUT2D eigenvalue weighted by molar-refractivity contribution is 4.95. The lowest BCUT2D eigenvalue weighted by atomic mass is 9.81. The van der Waals surface area contributed by atoms with Crippen LogP contribution in [0.4, 0.5) is 0 Å². The summed E-state index contributed by atoms with van der Waals surface area (Å²) in [5.74, 6) is 2.00. The van der Waals surface area contributed by atoms with Crippen molar-refractivity contribution in [3.8, 4) is 0 Å². The Morgan fingerprint density at radius 3 is 2.65 bits per heavy atom. The second-order valence-corrected chi connectivity index (χ2v) is 6.45. The Bertz CT molecular complexity index is 245. The van der Waals surface area contributed by atoms with E-state index in [1.54, 1.807) is 0 Å². The van der Waals surface area contributed by atoms with Gasteiger partial charge in [-0.2, -0.15) is 0 Å². The maximum Gasteiger partial charge on any atom is 0.0263 e. The molecular weight excluding hydrogens is 208 g/mol. The number of piperidine rings is 1. The highest BCUT2D eigenvalue weighted by atomic mass is 15.2. The number of hydrogen-bond donors (Lipinski definition) is 1. The van der Waals surface area contributed by atoms with Crippen molar-refractivity contribution in [3.63, 3.8) is 0 Å². The highest BCUT2D eigenvalue weighted by Crippen LogP contribution is 2.35. The molecule has 3 fully saturated rings. The zero-order valence-electron chi connectivity index (χ0n) is 11.3. The zero-order valence-corrected chi connectivity index (χ0v) is 11.3. The summed E-state index contributed by atoms with van der Waals surface area (Å²) in [6, 6.07) is 1.80. The first-order valence-corrected chi connectivity index (χ1v) is 7.85. The molecular formula is C15H28N2. The first-order chi connectivity index (χ1) is 8.38. The zero-order chi connectivity index (χ0) is 11.7. The summed E-state index contributed by atoms with van der Waals surface area (Å²) < 4.78 is 0. The molecule has 1 saturated carbocycles. The summed E-state index contributed by atoms with van der Waals surface area (Å²) in [5, 5.41) is 3.61. The number of hydrogen-bond acceptors (Lipinski definition) is 2. The minimum Gasteiger partial charge on any atom is -0.315 e. The van der Waals surface area contributed by atoms with Crippen LogP contribution in [-0.4, -0.2) is 36.6 Å². The van der Waals surface area contributed by atoms with Gasteiger partial charge in [-0.3, -0.25) is 4.90 Å². The van der Waals surface area contributed by atoms with Gasteiger partial charge in [0.15, 0.2) is 0 Å². The predicted octanol–water partition coefficient (Wildman–Crippen LogP) is 2.64. The van der Waals surface area contributed by atoms with Gasteiger partial charge in [-0.25, -0.2) is 0 Å². The van der Waals surface area contributed by atoms with E-state index >= 15 is 0 Å². The van der Waals surface area contributed by atoms with E-state index in [1.165, 1.54) is 64.6 Å². The molecule has 2 heteroatoms. The van der Waals surface area contributed by atoms with Gasteiger partial charge in [0, 0.05) is 18.6 Å². The molecule has 1 N–H and O–H groups in total. The lowest BCUT2D eigenvalue weighted by Gasteiger charge is -2.44. The topological polar surface area (TPSA) is 15.3 Å². The van der Waals surface area contributed by atoms with E-state index in [0.717, 1.165) is 23.9 Å². The first-order valence-electron chi connectivity index (χ1n) is 7.85. The molecule has 2 unspecified atom stereocenters. The first kappa shape index (κ1) is 12.0. The fourth-order valence-electron chi connectivity index (χ4n) is 4.44. The number of likely N-dealkylation sites (tertiary alicyclic amines) is 1. The van der Waals surface area contributed by atoms with Crippen LogP contribution in [0.3, 0.4) is 0 Å². The van der Waals surface area contributed by atoms with Gasteiger partial charge >= 0.3 is 0 Å². The molecule has 0 bridgehead atoms. The second kappa shape index (κ2) is 5.27. The maximum atomic E-state index is 3.61. The van der Waals surface area contributed by atoms with E-state index in [-0.39, 0.29) is 0 Å². The van der Waals surface area contributed by atoms with Gasteiger partial charge in [-0.15, -0.1) is 0 Å². The Balaban J connectivity index is 1.60. The van der Waals surface area contributed by atoms with Crippen LogP contribution < -0.4 is 5.32 Å². The predicted molar refractivity (Wildman–Crippen MR) is 72.1 cm³/mol. The smallest absolute Gasteiger partial charge is 0.0263 e. The average molecular weight is 236 g/mol. The third kappa shape index (κ3) is 2.39. The van der Waals surface area contributed by atoms with E-state index < -0.39 is 0 Å². The Kier molecular flexibility index (Phi) is 3.72. The standard InChI is InChI=1S/C15H28N2/c1-2-12-5-7-14(8-6-12)17-9-3-4-13-10-16-11-15(13)17/h12-16H,2-11H2,1H3. The molecule has 2 saturated heterocycles. The summed E-state index contributed by atoms with van der Waals surface area (Å²) in [7, 11) is 0. The molecule has 0 aromatic carbocycles. The van der Waals surface area contributed by atoms with Gasteiger partial charge < -0.3 is 5.32 Å². The average Bonchev–Trinajstić information content (AvgIpc) is 2.87. The summed E-state index contributed by atoms with van der Waals surface area (Å²) in [6.07, 6.45) is 10.2. The highest BCUT2D eigenvalue weighted by Gasteiger charge is 2.38. The van der Waals surface area contributed by atoms with Gasteiger partial charge in [-0.1, -0.05) is 13.3 Å². The van der Waals surface area contributed by atoms with Crippen molar-refractivity contribution < 1.29 is 0 Å². The molecule has 17 heavy (non-hydrogen) atoms. The molecule has 2 nitrogen and oxygen atoms in total. The van der Waals surface area contributed by atoms with Crippen molar-refractivity contribution in [1.29, 1.82) is 0 Å². The minimum absolute atomic E-state index is 0.881. The van der Waals surface area contributed by atoms with Crippen LogP contribution in [0.2, 0.25) is 0 Å². The molecule has 0 radical (unpaired) electrons. The van der Waals surface area contributed by atoms with E-state index in [0.29, 0.717) is 0 Å². The molecule has 0 aromatic rings. The van der Waals surface area contributed by atoms with Crippen LogP contribution in [0.25, 0.3) is 0 Å². The van der Waals surface area contributed by atoms with Crippen LogP contribution in [-0.2, 0) is 0 Å². The summed E-state index contributed by atoms with van der Waals surface area (Å²) in [5.41, 5.74) is 0. The van der Waals surface area contributed by atoms with Crippen molar-refractivity contribution in [1.82, 2.24) is 10.2 Å². The van der Waals surface area contributed by atoms with Gasteiger partial charge in [0.25, 0.3) is 0 Å². The third-order valence-electron chi connectivity index (χ3n) is 5.58. The van der Waals surface area contributed by atoms with E-state index in [1.807, 2.05) is 0 Å². The van der Waals surface area contributed by atoms with Crippen LogP contribution in [0.15, 0.2) is 0 Å². The van der Waals surface area contributed by atoms with E-state index in [4.69, 9.17) is 0 Å². The summed E-state index contributed by atoms with van der Waals surface area (Å²) in [6.45, 7) is 6.29. The third-order valence-corrected chi connectivity index (χ3v) is 5.58. The summed E-state index contributed by atoms with van der Waals surface area (Å²) in [4.78, 5) is 2.89. The summed E-state index contributed by atoms with van der Waals surface area (Å²) >= 11 is 0.